The lowest BCUT2D eigenvalue weighted by Gasteiger charge is -2.22. The Morgan fingerprint density at radius 3 is 1.39 bits per heavy atom. The van der Waals surface area contributed by atoms with Crippen molar-refractivity contribution in [3.63, 3.8) is 0 Å². The van der Waals surface area contributed by atoms with Crippen LogP contribution in [0.15, 0.2) is 52.5 Å². The summed E-state index contributed by atoms with van der Waals surface area (Å²) < 4.78 is 4.07. The van der Waals surface area contributed by atoms with Crippen LogP contribution >= 0.6 is 34.0 Å². The molecule has 0 radical (unpaired) electrons. The van der Waals surface area contributed by atoms with Gasteiger partial charge in [-0.3, -0.25) is 0 Å². The predicted molar refractivity (Wildman–Crippen MR) is 86.4 cm³/mol. The highest BCUT2D eigenvalue weighted by atomic mass is 32.1. The molecule has 18 heavy (non-hydrogen) atoms. The van der Waals surface area contributed by atoms with Gasteiger partial charge in [0.2, 0.25) is 0 Å². The molecule has 0 aliphatic heterocycles. The van der Waals surface area contributed by atoms with Gasteiger partial charge in [-0.05, 0) is 16.1 Å². The third kappa shape index (κ3) is 1.71. The van der Waals surface area contributed by atoms with Gasteiger partial charge in [0.05, 0.1) is 0 Å². The van der Waals surface area contributed by atoms with Gasteiger partial charge in [0.1, 0.15) is 0 Å². The molecular formula is C14H10S3Si. The molecular weight excluding hydrogens is 292 g/mol. The molecule has 0 saturated heterocycles. The highest BCUT2D eigenvalue weighted by Crippen LogP contribution is 2.14. The average Bonchev–Trinajstić information content (AvgIpc) is 3.16. The molecule has 0 fully saturated rings. The van der Waals surface area contributed by atoms with Crippen LogP contribution in [0.2, 0.25) is 0 Å². The Morgan fingerprint density at radius 2 is 1.17 bits per heavy atom. The summed E-state index contributed by atoms with van der Waals surface area (Å²) in [5.41, 5.74) is 3.19. The van der Waals surface area contributed by atoms with E-state index in [2.05, 4.69) is 58.1 Å². The summed E-state index contributed by atoms with van der Waals surface area (Å²) in [5, 5.41) is 6.36. The molecule has 0 atom stereocenters. The van der Waals surface area contributed by atoms with Gasteiger partial charge in [0.25, 0.3) is 8.07 Å². The van der Waals surface area contributed by atoms with Crippen molar-refractivity contribution in [3.05, 3.63) is 52.5 Å². The minimum absolute atomic E-state index is 1.36. The van der Waals surface area contributed by atoms with Gasteiger partial charge in [-0.1, -0.05) is 36.4 Å². The lowest BCUT2D eigenvalue weighted by atomic mass is 10.7. The topological polar surface area (TPSA) is 0 Å². The molecule has 0 N–H and O–H groups in total. The van der Waals surface area contributed by atoms with Crippen molar-refractivity contribution in [2.45, 2.75) is 0 Å². The molecule has 0 aliphatic rings. The number of thiophene rings is 3. The molecule has 3 aromatic rings. The van der Waals surface area contributed by atoms with E-state index in [1.807, 2.05) is 0 Å². The van der Waals surface area contributed by atoms with Gasteiger partial charge in [-0.2, -0.15) is 34.0 Å². The first-order valence-corrected chi connectivity index (χ1v) is 10.1. The molecule has 0 unspecified atom stereocenters. The summed E-state index contributed by atoms with van der Waals surface area (Å²) in [4.78, 5) is 0. The quantitative estimate of drug-likeness (QED) is 0.515. The first-order valence-electron chi connectivity index (χ1n) is 5.47. The zero-order valence-corrected chi connectivity index (χ0v) is 12.9. The van der Waals surface area contributed by atoms with Crippen LogP contribution in [0.1, 0.15) is 0 Å². The third-order valence-electron chi connectivity index (χ3n) is 2.89. The van der Waals surface area contributed by atoms with Crippen LogP contribution in [0, 0.1) is 12.0 Å². The fraction of sp³-hybridized carbons (Fsp3) is 0. The van der Waals surface area contributed by atoms with Crippen molar-refractivity contribution >= 4 is 55.6 Å². The number of hydrogen-bond donors (Lipinski definition) is 0. The van der Waals surface area contributed by atoms with Crippen LogP contribution in [0.3, 0.4) is 0 Å². The second-order valence-electron chi connectivity index (χ2n) is 3.83. The van der Waals surface area contributed by atoms with Crippen molar-refractivity contribution in [1.82, 2.24) is 0 Å². The molecule has 4 heteroatoms. The van der Waals surface area contributed by atoms with Crippen molar-refractivity contribution in [2.75, 3.05) is 0 Å². The van der Waals surface area contributed by atoms with Crippen LogP contribution in [0.25, 0.3) is 0 Å². The SMILES string of the molecule is C#C[Si](c1cccs1)(c1cccs1)c1cccs1. The zero-order valence-electron chi connectivity index (χ0n) is 9.50. The van der Waals surface area contributed by atoms with Crippen molar-refractivity contribution in [1.29, 1.82) is 0 Å². The van der Waals surface area contributed by atoms with Gasteiger partial charge < -0.3 is 0 Å². The Balaban J connectivity index is 2.30. The fourth-order valence-corrected chi connectivity index (χ4v) is 11.5. The third-order valence-corrected chi connectivity index (χ3v) is 11.9. The van der Waals surface area contributed by atoms with Gasteiger partial charge in [0, 0.05) is 13.5 Å². The number of terminal acetylenes is 1. The zero-order chi connectivity index (χ0) is 12.4. The summed E-state index contributed by atoms with van der Waals surface area (Å²) in [6.07, 6.45) is 6.01. The van der Waals surface area contributed by atoms with E-state index in [1.165, 1.54) is 13.5 Å². The second kappa shape index (κ2) is 4.86. The lowest BCUT2D eigenvalue weighted by Crippen LogP contribution is -2.63. The molecule has 3 aromatic heterocycles. The monoisotopic (exact) mass is 302 g/mol. The van der Waals surface area contributed by atoms with E-state index in [-0.39, 0.29) is 0 Å². The molecule has 0 bridgehead atoms. The van der Waals surface area contributed by atoms with Crippen LogP contribution in [-0.2, 0) is 0 Å². The van der Waals surface area contributed by atoms with Crippen LogP contribution in [0.4, 0.5) is 0 Å². The summed E-state index contributed by atoms with van der Waals surface area (Å²) in [6, 6.07) is 12.9. The standard InChI is InChI=1S/C14H10S3Si/c1-2-18(12-6-3-9-15-12,13-7-4-10-16-13)14-8-5-11-17-14/h1,3-11H. The maximum Gasteiger partial charge on any atom is 0.258 e. The van der Waals surface area contributed by atoms with Crippen LogP contribution in [-0.4, -0.2) is 8.07 Å². The maximum absolute atomic E-state index is 6.01. The molecule has 88 valence electrons. The minimum Gasteiger partial charge on any atom is -0.152 e. The van der Waals surface area contributed by atoms with Crippen LogP contribution < -0.4 is 13.5 Å². The molecule has 0 aromatic carbocycles. The van der Waals surface area contributed by atoms with Gasteiger partial charge in [0.15, 0.2) is 0 Å². The van der Waals surface area contributed by atoms with E-state index in [1.54, 1.807) is 34.0 Å². The van der Waals surface area contributed by atoms with Crippen LogP contribution in [0.5, 0.6) is 0 Å². The van der Waals surface area contributed by atoms with E-state index in [0.29, 0.717) is 0 Å². The minimum atomic E-state index is -2.16. The summed E-state index contributed by atoms with van der Waals surface area (Å²) in [6.45, 7) is 0. The summed E-state index contributed by atoms with van der Waals surface area (Å²) in [5.74, 6) is 0. The molecule has 3 heterocycles. The van der Waals surface area contributed by atoms with Gasteiger partial charge >= 0.3 is 0 Å². The molecule has 0 spiro atoms. The Bertz CT molecular complexity index is 558. The average molecular weight is 303 g/mol. The number of rotatable bonds is 3. The first-order chi connectivity index (χ1) is 8.88. The largest absolute Gasteiger partial charge is 0.258 e. The van der Waals surface area contributed by atoms with E-state index < -0.39 is 8.07 Å². The number of hydrogen-bond acceptors (Lipinski definition) is 3. The summed E-state index contributed by atoms with van der Waals surface area (Å²) in [7, 11) is -2.16. The maximum atomic E-state index is 6.01. The van der Waals surface area contributed by atoms with Gasteiger partial charge in [-0.25, -0.2) is 0 Å². The van der Waals surface area contributed by atoms with Crippen molar-refractivity contribution < 1.29 is 0 Å². The predicted octanol–water partition coefficient (Wildman–Crippen LogP) is 2.51. The molecule has 0 nitrogen and oxygen atoms in total. The normalized spacial score (nSPS) is 11.3. The Kier molecular flexibility index (Phi) is 3.23. The Labute approximate surface area is 120 Å². The van der Waals surface area contributed by atoms with E-state index in [4.69, 9.17) is 6.42 Å². The Morgan fingerprint density at radius 1 is 0.778 bits per heavy atom. The highest BCUT2D eigenvalue weighted by Gasteiger charge is 2.41. The lowest BCUT2D eigenvalue weighted by molar-refractivity contribution is 1.99. The molecule has 3 rings (SSSR count). The van der Waals surface area contributed by atoms with Crippen molar-refractivity contribution in [2.24, 2.45) is 0 Å². The van der Waals surface area contributed by atoms with E-state index in [9.17, 15) is 0 Å². The Hall–Kier alpha value is -1.12. The van der Waals surface area contributed by atoms with Crippen molar-refractivity contribution in [3.8, 4) is 12.0 Å². The fourth-order valence-electron chi connectivity index (χ4n) is 2.05. The second-order valence-corrected chi connectivity index (χ2v) is 11.2. The first kappa shape index (κ1) is 11.9. The smallest absolute Gasteiger partial charge is 0.152 e. The van der Waals surface area contributed by atoms with E-state index in [0.717, 1.165) is 0 Å². The van der Waals surface area contributed by atoms with Gasteiger partial charge in [-0.15, -0.1) is 12.0 Å². The summed E-state index contributed by atoms with van der Waals surface area (Å²) >= 11 is 5.35. The highest BCUT2D eigenvalue weighted by molar-refractivity contribution is 7.47. The molecule has 0 saturated carbocycles. The van der Waals surface area contributed by atoms with E-state index >= 15 is 0 Å². The molecule has 0 amide bonds. The molecule has 0 aliphatic carbocycles.